The van der Waals surface area contributed by atoms with Crippen LogP contribution in [0.15, 0.2) is 48.5 Å². The van der Waals surface area contributed by atoms with Gasteiger partial charge in [-0.05, 0) is 35.7 Å². The summed E-state index contributed by atoms with van der Waals surface area (Å²) in [6.07, 6.45) is 0.533. The smallest absolute Gasteiger partial charge is 0.387 e. The van der Waals surface area contributed by atoms with Crippen LogP contribution in [0.25, 0.3) is 0 Å². The summed E-state index contributed by atoms with van der Waals surface area (Å²) in [7, 11) is 0. The Morgan fingerprint density at radius 3 is 2.43 bits per heavy atom. The molecule has 2 rings (SSSR count). The average molecular weight is 292 g/mol. The highest BCUT2D eigenvalue weighted by Gasteiger charge is 2.06. The molecule has 2 aromatic rings. The Bertz CT molecular complexity index is 615. The largest absolute Gasteiger partial charge is 0.435 e. The second kappa shape index (κ2) is 6.69. The van der Waals surface area contributed by atoms with E-state index in [2.05, 4.69) is 10.1 Å². The highest BCUT2D eigenvalue weighted by Crippen LogP contribution is 2.21. The van der Waals surface area contributed by atoms with Crippen LogP contribution in [0, 0.1) is 0 Å². The molecule has 0 fully saturated rings. The minimum atomic E-state index is -2.84. The molecule has 3 N–H and O–H groups in total. The lowest BCUT2D eigenvalue weighted by Crippen LogP contribution is -2.20. The first-order valence-corrected chi connectivity index (χ1v) is 6.22. The minimum absolute atomic E-state index is 0.109. The predicted octanol–water partition coefficient (Wildman–Crippen LogP) is 3.37. The van der Waals surface area contributed by atoms with Crippen LogP contribution >= 0.6 is 0 Å². The van der Waals surface area contributed by atoms with Gasteiger partial charge < -0.3 is 15.8 Å². The minimum Gasteiger partial charge on any atom is -0.435 e. The molecule has 0 unspecified atom stereocenters. The number of benzene rings is 2. The van der Waals surface area contributed by atoms with Gasteiger partial charge in [0.05, 0.1) is 0 Å². The monoisotopic (exact) mass is 292 g/mol. The highest BCUT2D eigenvalue weighted by atomic mass is 19.3. The second-order valence-corrected chi connectivity index (χ2v) is 4.35. The number of amides is 2. The molecule has 0 radical (unpaired) electrons. The Morgan fingerprint density at radius 2 is 1.81 bits per heavy atom. The summed E-state index contributed by atoms with van der Waals surface area (Å²) < 4.78 is 28.4. The van der Waals surface area contributed by atoms with Crippen LogP contribution in [0.5, 0.6) is 5.75 Å². The van der Waals surface area contributed by atoms with Gasteiger partial charge in [-0.15, -0.1) is 0 Å². The summed E-state index contributed by atoms with van der Waals surface area (Å²) in [6, 6.07) is 12.9. The lowest BCUT2D eigenvalue weighted by atomic mass is 10.0. The summed E-state index contributed by atoms with van der Waals surface area (Å²) in [5.74, 6) is 0.109. The first kappa shape index (κ1) is 14.8. The number of alkyl halides is 2. The molecule has 0 saturated carbocycles. The lowest BCUT2D eigenvalue weighted by Gasteiger charge is -2.10. The zero-order chi connectivity index (χ0) is 15.2. The van der Waals surface area contributed by atoms with Crippen molar-refractivity contribution >= 4 is 11.7 Å². The molecule has 0 bridgehead atoms. The molecule has 0 heterocycles. The van der Waals surface area contributed by atoms with Crippen molar-refractivity contribution in [1.29, 1.82) is 0 Å². The van der Waals surface area contributed by atoms with E-state index in [0.717, 1.165) is 11.1 Å². The van der Waals surface area contributed by atoms with E-state index in [0.29, 0.717) is 12.1 Å². The number of hydrogen-bond donors (Lipinski definition) is 2. The number of nitrogens with one attached hydrogen (secondary N) is 1. The van der Waals surface area contributed by atoms with Gasteiger partial charge in [-0.2, -0.15) is 8.78 Å². The number of ether oxygens (including phenoxy) is 1. The Labute approximate surface area is 120 Å². The van der Waals surface area contributed by atoms with E-state index in [-0.39, 0.29) is 5.75 Å². The van der Waals surface area contributed by atoms with Crippen molar-refractivity contribution < 1.29 is 18.3 Å². The van der Waals surface area contributed by atoms with Crippen LogP contribution in [-0.4, -0.2) is 12.6 Å². The normalized spacial score (nSPS) is 10.4. The lowest BCUT2D eigenvalue weighted by molar-refractivity contribution is -0.0498. The third kappa shape index (κ3) is 4.45. The van der Waals surface area contributed by atoms with E-state index in [1.54, 1.807) is 24.3 Å². The first-order chi connectivity index (χ1) is 10.0. The van der Waals surface area contributed by atoms with Crippen molar-refractivity contribution in [3.63, 3.8) is 0 Å². The summed E-state index contributed by atoms with van der Waals surface area (Å²) in [5.41, 5.74) is 7.51. The summed E-state index contributed by atoms with van der Waals surface area (Å²) >= 11 is 0. The molecule has 0 spiro atoms. The van der Waals surface area contributed by atoms with Gasteiger partial charge in [-0.3, -0.25) is 0 Å². The zero-order valence-electron chi connectivity index (χ0n) is 11.1. The average Bonchev–Trinajstić information content (AvgIpc) is 2.42. The summed E-state index contributed by atoms with van der Waals surface area (Å²) in [5, 5.41) is 2.55. The van der Waals surface area contributed by atoms with Gasteiger partial charge >= 0.3 is 12.6 Å². The van der Waals surface area contributed by atoms with Gasteiger partial charge in [-0.25, -0.2) is 4.79 Å². The number of para-hydroxylation sites is 1. The maximum atomic E-state index is 12.1. The van der Waals surface area contributed by atoms with Crippen LogP contribution in [0.2, 0.25) is 0 Å². The van der Waals surface area contributed by atoms with Crippen molar-refractivity contribution in [2.24, 2.45) is 5.73 Å². The van der Waals surface area contributed by atoms with Crippen LogP contribution in [-0.2, 0) is 6.42 Å². The number of halogens is 2. The fourth-order valence-corrected chi connectivity index (χ4v) is 1.94. The molecule has 0 aliphatic rings. The number of primary amides is 1. The quantitative estimate of drug-likeness (QED) is 0.887. The Morgan fingerprint density at radius 1 is 1.14 bits per heavy atom. The fourth-order valence-electron chi connectivity index (χ4n) is 1.94. The van der Waals surface area contributed by atoms with Crippen molar-refractivity contribution in [1.82, 2.24) is 0 Å². The number of rotatable bonds is 5. The van der Waals surface area contributed by atoms with Gasteiger partial charge in [-0.1, -0.05) is 30.3 Å². The predicted molar refractivity (Wildman–Crippen MR) is 75.5 cm³/mol. The molecule has 4 nitrogen and oxygen atoms in total. The van der Waals surface area contributed by atoms with E-state index in [1.807, 2.05) is 12.1 Å². The zero-order valence-corrected chi connectivity index (χ0v) is 11.1. The molecule has 0 atom stereocenters. The van der Waals surface area contributed by atoms with E-state index < -0.39 is 12.6 Å². The molecule has 0 saturated heterocycles. The van der Waals surface area contributed by atoms with Crippen LogP contribution in [0.4, 0.5) is 19.3 Å². The Hall–Kier alpha value is -2.63. The van der Waals surface area contributed by atoms with E-state index in [1.165, 1.54) is 12.1 Å². The molecule has 6 heteroatoms. The van der Waals surface area contributed by atoms with Crippen molar-refractivity contribution in [3.8, 4) is 5.75 Å². The number of urea groups is 1. The summed E-state index contributed by atoms with van der Waals surface area (Å²) in [4.78, 5) is 10.9. The van der Waals surface area contributed by atoms with Crippen LogP contribution < -0.4 is 15.8 Å². The molecule has 2 aromatic carbocycles. The van der Waals surface area contributed by atoms with E-state index in [9.17, 15) is 13.6 Å². The van der Waals surface area contributed by atoms with Gasteiger partial charge in [0.1, 0.15) is 5.75 Å². The Kier molecular flexibility index (Phi) is 4.71. The molecule has 2 amide bonds. The van der Waals surface area contributed by atoms with Crippen LogP contribution in [0.1, 0.15) is 11.1 Å². The Balaban J connectivity index is 2.13. The third-order valence-electron chi connectivity index (χ3n) is 2.82. The fraction of sp³-hybridized carbons (Fsp3) is 0.133. The molecular weight excluding hydrogens is 278 g/mol. The maximum absolute atomic E-state index is 12.1. The highest BCUT2D eigenvalue weighted by molar-refractivity contribution is 5.88. The number of nitrogens with two attached hydrogens (primary N) is 1. The molecule has 0 aliphatic heterocycles. The van der Waals surface area contributed by atoms with Gasteiger partial charge in [0.15, 0.2) is 0 Å². The van der Waals surface area contributed by atoms with Crippen molar-refractivity contribution in [2.75, 3.05) is 5.32 Å². The third-order valence-corrected chi connectivity index (χ3v) is 2.82. The molecular formula is C15H14F2N2O2. The SMILES string of the molecule is NC(=O)Nc1ccccc1Cc1ccc(OC(F)F)cc1. The maximum Gasteiger partial charge on any atom is 0.387 e. The second-order valence-electron chi connectivity index (χ2n) is 4.35. The van der Waals surface area contributed by atoms with Gasteiger partial charge in [0, 0.05) is 5.69 Å². The molecule has 21 heavy (non-hydrogen) atoms. The van der Waals surface area contributed by atoms with Gasteiger partial charge in [0.2, 0.25) is 0 Å². The van der Waals surface area contributed by atoms with Gasteiger partial charge in [0.25, 0.3) is 0 Å². The number of anilines is 1. The number of carbonyl (C=O) groups excluding carboxylic acids is 1. The summed E-state index contributed by atoms with van der Waals surface area (Å²) in [6.45, 7) is -2.84. The molecule has 0 aromatic heterocycles. The van der Waals surface area contributed by atoms with E-state index in [4.69, 9.17) is 5.73 Å². The number of hydrogen-bond acceptors (Lipinski definition) is 2. The van der Waals surface area contributed by atoms with Crippen LogP contribution in [0.3, 0.4) is 0 Å². The first-order valence-electron chi connectivity index (χ1n) is 6.22. The molecule has 0 aliphatic carbocycles. The standard InChI is InChI=1S/C15H14F2N2O2/c16-14(17)21-12-7-5-10(6-8-12)9-11-3-1-2-4-13(11)19-15(18)20/h1-8,14H,9H2,(H3,18,19,20). The van der Waals surface area contributed by atoms with Crippen molar-refractivity contribution in [2.45, 2.75) is 13.0 Å². The topological polar surface area (TPSA) is 64.4 Å². The molecule has 110 valence electrons. The van der Waals surface area contributed by atoms with E-state index >= 15 is 0 Å². The van der Waals surface area contributed by atoms with Crippen molar-refractivity contribution in [3.05, 3.63) is 59.7 Å². The number of carbonyl (C=O) groups is 1.